The van der Waals surface area contributed by atoms with Crippen molar-refractivity contribution in [2.45, 2.75) is 13.3 Å². The molecule has 0 spiro atoms. The van der Waals surface area contributed by atoms with Crippen LogP contribution in [0.15, 0.2) is 23.0 Å². The van der Waals surface area contributed by atoms with Crippen molar-refractivity contribution in [1.82, 2.24) is 9.97 Å². The molecule has 0 radical (unpaired) electrons. The lowest BCUT2D eigenvalue weighted by Crippen LogP contribution is -2.09. The Bertz CT molecular complexity index is 487. The Morgan fingerprint density at radius 1 is 1.39 bits per heavy atom. The fraction of sp³-hybridized carbons (Fsp3) is 0.333. The molecule has 2 aromatic rings. The Kier molecular flexibility index (Phi) is 4.78. The Morgan fingerprint density at radius 2 is 2.28 bits per heavy atom. The second-order valence-corrected chi connectivity index (χ2v) is 4.92. The largest absolute Gasteiger partial charge is 0.368 e. The van der Waals surface area contributed by atoms with Gasteiger partial charge in [0.25, 0.3) is 0 Å². The van der Waals surface area contributed by atoms with Crippen molar-refractivity contribution < 1.29 is 0 Å². The molecule has 0 aliphatic carbocycles. The summed E-state index contributed by atoms with van der Waals surface area (Å²) < 4.78 is 0. The summed E-state index contributed by atoms with van der Waals surface area (Å²) in [4.78, 5) is 8.41. The number of hydrogen-bond acceptors (Lipinski definition) is 5. The van der Waals surface area contributed by atoms with Crippen LogP contribution in [0, 0.1) is 0 Å². The maximum absolute atomic E-state index is 6.04. The number of nitrogens with one attached hydrogen (secondary N) is 2. The maximum atomic E-state index is 6.04. The fourth-order valence-corrected chi connectivity index (χ4v) is 2.36. The summed E-state index contributed by atoms with van der Waals surface area (Å²) in [6.45, 7) is 3.59. The second-order valence-electron chi connectivity index (χ2n) is 3.73. The van der Waals surface area contributed by atoms with E-state index in [0.29, 0.717) is 16.8 Å². The van der Waals surface area contributed by atoms with Crippen molar-refractivity contribution in [1.29, 1.82) is 0 Å². The predicted molar refractivity (Wildman–Crippen MR) is 77.7 cm³/mol. The molecular formula is C12H15ClN4S. The first-order valence-corrected chi connectivity index (χ1v) is 7.13. The van der Waals surface area contributed by atoms with E-state index >= 15 is 0 Å². The molecular weight excluding hydrogens is 268 g/mol. The first-order chi connectivity index (χ1) is 8.79. The van der Waals surface area contributed by atoms with Crippen LogP contribution in [0.5, 0.6) is 0 Å². The minimum atomic E-state index is 0.543. The van der Waals surface area contributed by atoms with E-state index in [1.54, 1.807) is 17.5 Å². The first kappa shape index (κ1) is 13.1. The van der Waals surface area contributed by atoms with Crippen LogP contribution in [0.1, 0.15) is 12.5 Å². The van der Waals surface area contributed by atoms with E-state index in [-0.39, 0.29) is 0 Å². The quantitative estimate of drug-likeness (QED) is 0.854. The monoisotopic (exact) mass is 282 g/mol. The smallest absolute Gasteiger partial charge is 0.224 e. The maximum Gasteiger partial charge on any atom is 0.224 e. The van der Waals surface area contributed by atoms with Gasteiger partial charge in [-0.3, -0.25) is 0 Å². The molecule has 0 unspecified atom stereocenters. The third kappa shape index (κ3) is 3.58. The molecule has 0 aliphatic heterocycles. The molecule has 0 aromatic carbocycles. The Labute approximate surface area is 115 Å². The van der Waals surface area contributed by atoms with Crippen LogP contribution >= 0.6 is 22.9 Å². The number of halogens is 1. The van der Waals surface area contributed by atoms with E-state index < -0.39 is 0 Å². The number of aromatic nitrogens is 2. The van der Waals surface area contributed by atoms with E-state index in [1.165, 1.54) is 5.56 Å². The summed E-state index contributed by atoms with van der Waals surface area (Å²) in [6.07, 6.45) is 2.57. The number of nitrogens with zero attached hydrogens (tertiary/aromatic N) is 2. The van der Waals surface area contributed by atoms with Gasteiger partial charge < -0.3 is 10.6 Å². The van der Waals surface area contributed by atoms with Gasteiger partial charge in [0.05, 0.1) is 6.20 Å². The highest BCUT2D eigenvalue weighted by Gasteiger charge is 2.04. The third-order valence-corrected chi connectivity index (χ3v) is 3.37. The standard InChI is InChI=1S/C12H15ClN4S/c1-2-14-12-16-7-10(13)11(17-12)15-5-3-9-4-6-18-8-9/h4,6-8H,2-3,5H2,1H3,(H2,14,15,16,17). The molecule has 96 valence electrons. The molecule has 2 rings (SSSR count). The molecule has 4 nitrogen and oxygen atoms in total. The van der Waals surface area contributed by atoms with Gasteiger partial charge in [0.1, 0.15) is 10.8 Å². The molecule has 2 N–H and O–H groups in total. The SMILES string of the molecule is CCNc1ncc(Cl)c(NCCc2ccsc2)n1. The summed E-state index contributed by atoms with van der Waals surface area (Å²) in [5.74, 6) is 1.28. The van der Waals surface area contributed by atoms with Crippen LogP contribution in [-0.2, 0) is 6.42 Å². The van der Waals surface area contributed by atoms with Crippen LogP contribution in [0.4, 0.5) is 11.8 Å². The molecule has 0 bridgehead atoms. The highest BCUT2D eigenvalue weighted by atomic mass is 35.5. The lowest BCUT2D eigenvalue weighted by atomic mass is 10.2. The Hall–Kier alpha value is -1.33. The minimum Gasteiger partial charge on any atom is -0.368 e. The van der Waals surface area contributed by atoms with E-state index in [4.69, 9.17) is 11.6 Å². The molecule has 2 heterocycles. The minimum absolute atomic E-state index is 0.543. The number of rotatable bonds is 6. The van der Waals surface area contributed by atoms with Gasteiger partial charge in [-0.2, -0.15) is 16.3 Å². The van der Waals surface area contributed by atoms with Crippen LogP contribution < -0.4 is 10.6 Å². The summed E-state index contributed by atoms with van der Waals surface area (Å²) in [5, 5.41) is 11.1. The molecule has 0 saturated heterocycles. The Balaban J connectivity index is 1.93. The van der Waals surface area contributed by atoms with Crippen molar-refractivity contribution >= 4 is 34.7 Å². The van der Waals surface area contributed by atoms with E-state index in [0.717, 1.165) is 19.5 Å². The van der Waals surface area contributed by atoms with Crippen molar-refractivity contribution in [2.75, 3.05) is 23.7 Å². The van der Waals surface area contributed by atoms with Crippen LogP contribution in [0.3, 0.4) is 0 Å². The molecule has 2 aromatic heterocycles. The average Bonchev–Trinajstić information content (AvgIpc) is 2.86. The van der Waals surface area contributed by atoms with Crippen molar-refractivity contribution in [2.24, 2.45) is 0 Å². The number of thiophene rings is 1. The molecule has 18 heavy (non-hydrogen) atoms. The van der Waals surface area contributed by atoms with Gasteiger partial charge >= 0.3 is 0 Å². The topological polar surface area (TPSA) is 49.8 Å². The zero-order chi connectivity index (χ0) is 12.8. The normalized spacial score (nSPS) is 10.3. The predicted octanol–water partition coefficient (Wildman–Crippen LogP) is 3.28. The van der Waals surface area contributed by atoms with E-state index in [1.807, 2.05) is 6.92 Å². The molecule has 0 saturated carbocycles. The lowest BCUT2D eigenvalue weighted by molar-refractivity contribution is 1.00. The van der Waals surface area contributed by atoms with Gasteiger partial charge in [-0.05, 0) is 35.7 Å². The van der Waals surface area contributed by atoms with Crippen molar-refractivity contribution in [3.8, 4) is 0 Å². The van der Waals surface area contributed by atoms with E-state index in [9.17, 15) is 0 Å². The van der Waals surface area contributed by atoms with E-state index in [2.05, 4.69) is 37.4 Å². The highest BCUT2D eigenvalue weighted by Crippen LogP contribution is 2.19. The van der Waals surface area contributed by atoms with Gasteiger partial charge in [0.15, 0.2) is 0 Å². The van der Waals surface area contributed by atoms with Crippen LogP contribution in [0.25, 0.3) is 0 Å². The zero-order valence-electron chi connectivity index (χ0n) is 10.1. The summed E-state index contributed by atoms with van der Waals surface area (Å²) >= 11 is 7.75. The number of anilines is 2. The summed E-state index contributed by atoms with van der Waals surface area (Å²) in [5.41, 5.74) is 1.32. The molecule has 0 fully saturated rings. The highest BCUT2D eigenvalue weighted by molar-refractivity contribution is 7.07. The van der Waals surface area contributed by atoms with Crippen LogP contribution in [0.2, 0.25) is 5.02 Å². The third-order valence-electron chi connectivity index (χ3n) is 2.37. The summed E-state index contributed by atoms with van der Waals surface area (Å²) in [7, 11) is 0. The molecule has 0 amide bonds. The number of hydrogen-bond donors (Lipinski definition) is 2. The Morgan fingerprint density at radius 3 is 3.00 bits per heavy atom. The fourth-order valence-electron chi connectivity index (χ4n) is 1.49. The molecule has 0 atom stereocenters. The summed E-state index contributed by atoms with van der Waals surface area (Å²) in [6, 6.07) is 2.12. The average molecular weight is 283 g/mol. The van der Waals surface area contributed by atoms with Gasteiger partial charge in [0.2, 0.25) is 5.95 Å². The van der Waals surface area contributed by atoms with Crippen molar-refractivity contribution in [3.05, 3.63) is 33.6 Å². The van der Waals surface area contributed by atoms with Gasteiger partial charge in [-0.15, -0.1) is 0 Å². The molecule has 0 aliphatic rings. The van der Waals surface area contributed by atoms with Crippen LogP contribution in [-0.4, -0.2) is 23.1 Å². The second kappa shape index (κ2) is 6.56. The van der Waals surface area contributed by atoms with Gasteiger partial charge in [0, 0.05) is 13.1 Å². The zero-order valence-corrected chi connectivity index (χ0v) is 11.7. The molecule has 6 heteroatoms. The van der Waals surface area contributed by atoms with Gasteiger partial charge in [-0.1, -0.05) is 11.6 Å². The van der Waals surface area contributed by atoms with Crippen molar-refractivity contribution in [3.63, 3.8) is 0 Å². The van der Waals surface area contributed by atoms with Gasteiger partial charge in [-0.25, -0.2) is 4.98 Å². The lowest BCUT2D eigenvalue weighted by Gasteiger charge is -2.08. The first-order valence-electron chi connectivity index (χ1n) is 5.81.